The van der Waals surface area contributed by atoms with Crippen molar-refractivity contribution < 1.29 is 19.0 Å². The third kappa shape index (κ3) is 2.73. The SMILES string of the molecule is CC1COC2(CCC(OC(N)=O)(c3ccccn3)CC2)O1. The Bertz CT molecular complexity index is 512. The van der Waals surface area contributed by atoms with Crippen molar-refractivity contribution >= 4 is 6.09 Å². The van der Waals surface area contributed by atoms with Crippen molar-refractivity contribution in [2.24, 2.45) is 5.73 Å². The van der Waals surface area contributed by atoms with E-state index >= 15 is 0 Å². The first-order chi connectivity index (χ1) is 10.0. The molecule has 0 aromatic carbocycles. The van der Waals surface area contributed by atoms with Gasteiger partial charge in [0.1, 0.15) is 0 Å². The lowest BCUT2D eigenvalue weighted by Crippen LogP contribution is -2.45. The number of hydrogen-bond donors (Lipinski definition) is 1. The van der Waals surface area contributed by atoms with Crippen LogP contribution >= 0.6 is 0 Å². The van der Waals surface area contributed by atoms with Crippen molar-refractivity contribution in [3.8, 4) is 0 Å². The van der Waals surface area contributed by atoms with E-state index in [4.69, 9.17) is 19.9 Å². The average Bonchev–Trinajstić information content (AvgIpc) is 2.84. The van der Waals surface area contributed by atoms with Gasteiger partial charge in [0.15, 0.2) is 11.4 Å². The fourth-order valence-electron chi connectivity index (χ4n) is 3.24. The summed E-state index contributed by atoms with van der Waals surface area (Å²) in [6, 6.07) is 5.57. The lowest BCUT2D eigenvalue weighted by Gasteiger charge is -2.42. The number of amides is 1. The maximum absolute atomic E-state index is 11.3. The highest BCUT2D eigenvalue weighted by atomic mass is 16.7. The van der Waals surface area contributed by atoms with Crippen LogP contribution in [0.1, 0.15) is 38.3 Å². The number of ether oxygens (including phenoxy) is 3. The van der Waals surface area contributed by atoms with Gasteiger partial charge >= 0.3 is 6.09 Å². The predicted octanol–water partition coefficient (Wildman–Crippen LogP) is 2.08. The summed E-state index contributed by atoms with van der Waals surface area (Å²) in [6.45, 7) is 2.60. The summed E-state index contributed by atoms with van der Waals surface area (Å²) in [5, 5.41) is 0. The van der Waals surface area contributed by atoms with Crippen LogP contribution in [-0.2, 0) is 19.8 Å². The van der Waals surface area contributed by atoms with E-state index < -0.39 is 17.5 Å². The molecule has 6 nitrogen and oxygen atoms in total. The van der Waals surface area contributed by atoms with Gasteiger partial charge in [-0.3, -0.25) is 4.98 Å². The summed E-state index contributed by atoms with van der Waals surface area (Å²) in [6.07, 6.45) is 3.49. The number of rotatable bonds is 2. The van der Waals surface area contributed by atoms with Crippen molar-refractivity contribution in [1.82, 2.24) is 4.98 Å². The largest absolute Gasteiger partial charge is 0.437 e. The van der Waals surface area contributed by atoms with Crippen molar-refractivity contribution in [2.45, 2.75) is 50.1 Å². The van der Waals surface area contributed by atoms with Gasteiger partial charge in [0.05, 0.1) is 18.4 Å². The molecule has 1 saturated heterocycles. The lowest BCUT2D eigenvalue weighted by molar-refractivity contribution is -0.211. The second-order valence-electron chi connectivity index (χ2n) is 5.78. The first-order valence-corrected chi connectivity index (χ1v) is 7.25. The number of primary amides is 1. The molecule has 1 saturated carbocycles. The minimum absolute atomic E-state index is 0.101. The van der Waals surface area contributed by atoms with Crippen molar-refractivity contribution in [3.05, 3.63) is 30.1 Å². The van der Waals surface area contributed by atoms with E-state index in [-0.39, 0.29) is 6.10 Å². The normalized spacial score (nSPS) is 35.8. The summed E-state index contributed by atoms with van der Waals surface area (Å²) in [5.74, 6) is -0.543. The zero-order chi connectivity index (χ0) is 14.9. The Morgan fingerprint density at radius 1 is 1.38 bits per heavy atom. The number of nitrogens with two attached hydrogens (primary N) is 1. The predicted molar refractivity (Wildman–Crippen MR) is 74.3 cm³/mol. The number of pyridine rings is 1. The van der Waals surface area contributed by atoms with Crippen molar-refractivity contribution in [2.75, 3.05) is 6.61 Å². The molecule has 0 radical (unpaired) electrons. The Morgan fingerprint density at radius 2 is 2.14 bits per heavy atom. The van der Waals surface area contributed by atoms with E-state index in [2.05, 4.69) is 4.98 Å². The molecule has 1 amide bonds. The van der Waals surface area contributed by atoms with Crippen LogP contribution in [0, 0.1) is 0 Å². The van der Waals surface area contributed by atoms with Gasteiger partial charge in [-0.25, -0.2) is 4.79 Å². The van der Waals surface area contributed by atoms with Gasteiger partial charge in [-0.2, -0.15) is 0 Å². The minimum atomic E-state index is -0.781. The van der Waals surface area contributed by atoms with Crippen LogP contribution < -0.4 is 5.73 Å². The second-order valence-corrected chi connectivity index (χ2v) is 5.78. The molecule has 1 aromatic heterocycles. The van der Waals surface area contributed by atoms with Crippen LogP contribution in [0.25, 0.3) is 0 Å². The maximum atomic E-state index is 11.3. The number of aromatic nitrogens is 1. The van der Waals surface area contributed by atoms with Crippen molar-refractivity contribution in [1.29, 1.82) is 0 Å². The fraction of sp³-hybridized carbons (Fsp3) is 0.600. The molecule has 1 spiro atoms. The van der Waals surface area contributed by atoms with Gasteiger partial charge in [0.2, 0.25) is 0 Å². The maximum Gasteiger partial charge on any atom is 0.405 e. The van der Waals surface area contributed by atoms with E-state index in [0.717, 1.165) is 5.69 Å². The molecule has 1 unspecified atom stereocenters. The Labute approximate surface area is 123 Å². The van der Waals surface area contributed by atoms with Crippen LogP contribution in [0.3, 0.4) is 0 Å². The molecule has 21 heavy (non-hydrogen) atoms. The van der Waals surface area contributed by atoms with E-state index in [1.165, 1.54) is 0 Å². The summed E-state index contributed by atoms with van der Waals surface area (Å²) < 4.78 is 17.2. The van der Waals surface area contributed by atoms with Gasteiger partial charge in [-0.1, -0.05) is 6.07 Å². The molecule has 1 aliphatic carbocycles. The highest BCUT2D eigenvalue weighted by molar-refractivity contribution is 5.65. The molecule has 2 aliphatic rings. The van der Waals surface area contributed by atoms with Gasteiger partial charge in [0.25, 0.3) is 0 Å². The monoisotopic (exact) mass is 292 g/mol. The van der Waals surface area contributed by atoms with Crippen LogP contribution in [0.15, 0.2) is 24.4 Å². The number of nitrogens with zero attached hydrogens (tertiary/aromatic N) is 1. The molecule has 1 aromatic rings. The quantitative estimate of drug-likeness (QED) is 0.902. The molecule has 0 bridgehead atoms. The summed E-state index contributed by atoms with van der Waals surface area (Å²) in [7, 11) is 0. The van der Waals surface area contributed by atoms with E-state index in [1.807, 2.05) is 25.1 Å². The third-order valence-corrected chi connectivity index (χ3v) is 4.24. The molecule has 6 heteroatoms. The Kier molecular flexibility index (Phi) is 3.59. The third-order valence-electron chi connectivity index (χ3n) is 4.24. The summed E-state index contributed by atoms with van der Waals surface area (Å²) in [5.41, 5.74) is 5.21. The molecule has 2 fully saturated rings. The number of carbonyl (C=O) groups is 1. The zero-order valence-corrected chi connectivity index (χ0v) is 12.1. The van der Waals surface area contributed by atoms with Gasteiger partial charge in [-0.15, -0.1) is 0 Å². The molecular formula is C15H20N2O4. The zero-order valence-electron chi connectivity index (χ0n) is 12.1. The van der Waals surface area contributed by atoms with Crippen LogP contribution in [-0.4, -0.2) is 29.6 Å². The molecule has 3 rings (SSSR count). The highest BCUT2D eigenvalue weighted by Crippen LogP contribution is 2.47. The van der Waals surface area contributed by atoms with E-state index in [9.17, 15) is 4.79 Å². The Morgan fingerprint density at radius 3 is 2.67 bits per heavy atom. The number of hydrogen-bond acceptors (Lipinski definition) is 5. The Hall–Kier alpha value is -1.66. The smallest absolute Gasteiger partial charge is 0.405 e. The molecule has 1 aliphatic heterocycles. The topological polar surface area (TPSA) is 83.7 Å². The first kappa shape index (κ1) is 14.3. The van der Waals surface area contributed by atoms with Crippen molar-refractivity contribution in [3.63, 3.8) is 0 Å². The Balaban J connectivity index is 1.82. The summed E-state index contributed by atoms with van der Waals surface area (Å²) in [4.78, 5) is 15.7. The second kappa shape index (κ2) is 5.27. The minimum Gasteiger partial charge on any atom is -0.437 e. The average molecular weight is 292 g/mol. The number of carbonyl (C=O) groups excluding carboxylic acids is 1. The van der Waals surface area contributed by atoms with Crippen LogP contribution in [0.4, 0.5) is 4.79 Å². The van der Waals surface area contributed by atoms with E-state index in [0.29, 0.717) is 32.3 Å². The van der Waals surface area contributed by atoms with Gasteiger partial charge < -0.3 is 19.9 Å². The molecule has 1 atom stereocenters. The molecular weight excluding hydrogens is 272 g/mol. The molecule has 2 N–H and O–H groups in total. The summed E-state index contributed by atoms with van der Waals surface area (Å²) >= 11 is 0. The standard InChI is InChI=1S/C15H20N2O4/c1-11-10-19-15(20-11)7-5-14(6-8-15,21-13(16)18)12-4-2-3-9-17-12/h2-4,9,11H,5-8,10H2,1H3,(H2,16,18). The van der Waals surface area contributed by atoms with E-state index in [1.54, 1.807) is 6.20 Å². The lowest BCUT2D eigenvalue weighted by atomic mass is 9.79. The molecule has 2 heterocycles. The fourth-order valence-corrected chi connectivity index (χ4v) is 3.24. The highest BCUT2D eigenvalue weighted by Gasteiger charge is 2.50. The van der Waals surface area contributed by atoms with Crippen LogP contribution in [0.2, 0.25) is 0 Å². The molecule has 114 valence electrons. The van der Waals surface area contributed by atoms with Crippen LogP contribution in [0.5, 0.6) is 0 Å². The van der Waals surface area contributed by atoms with Gasteiger partial charge in [0, 0.05) is 19.0 Å². The first-order valence-electron chi connectivity index (χ1n) is 7.25. The van der Waals surface area contributed by atoms with Gasteiger partial charge in [-0.05, 0) is 31.9 Å².